The van der Waals surface area contributed by atoms with Crippen molar-refractivity contribution in [3.05, 3.63) is 59.7 Å². The second-order valence-corrected chi connectivity index (χ2v) is 3.49. The van der Waals surface area contributed by atoms with Crippen LogP contribution in [0.5, 0.6) is 11.5 Å². The van der Waals surface area contributed by atoms with Crippen molar-refractivity contribution in [1.29, 1.82) is 0 Å². The fraction of sp³-hybridized carbons (Fsp3) is 0.0769. The van der Waals surface area contributed by atoms with E-state index in [1.54, 1.807) is 0 Å². The molecule has 1 aliphatic heterocycles. The van der Waals surface area contributed by atoms with Gasteiger partial charge in [-0.15, -0.1) is 0 Å². The minimum atomic E-state index is 0. The van der Waals surface area contributed by atoms with Crippen molar-refractivity contribution in [3.63, 3.8) is 0 Å². The molecular formula is C13H11O+. The number of hydrogen-bond acceptors (Lipinski definition) is 1. The Labute approximate surface area is 84.4 Å². The van der Waals surface area contributed by atoms with Gasteiger partial charge in [0.05, 0.1) is 0 Å². The van der Waals surface area contributed by atoms with Crippen LogP contribution in [0.3, 0.4) is 0 Å². The second-order valence-electron chi connectivity index (χ2n) is 3.49. The molecule has 0 amide bonds. The highest BCUT2D eigenvalue weighted by molar-refractivity contribution is 5.49. The molecule has 0 N–H and O–H groups in total. The minimum absolute atomic E-state index is 0. The van der Waals surface area contributed by atoms with Gasteiger partial charge in [0.2, 0.25) is 0 Å². The zero-order valence-corrected chi connectivity index (χ0v) is 7.73. The van der Waals surface area contributed by atoms with E-state index in [1.165, 1.54) is 11.1 Å². The van der Waals surface area contributed by atoms with Crippen LogP contribution in [0.4, 0.5) is 0 Å². The molecule has 0 spiro atoms. The summed E-state index contributed by atoms with van der Waals surface area (Å²) in [4.78, 5) is 0. The summed E-state index contributed by atoms with van der Waals surface area (Å²) in [6, 6.07) is 16.4. The molecule has 1 heteroatoms. The van der Waals surface area contributed by atoms with Gasteiger partial charge in [0.1, 0.15) is 11.5 Å². The summed E-state index contributed by atoms with van der Waals surface area (Å²) < 4.78 is 5.78. The van der Waals surface area contributed by atoms with Crippen molar-refractivity contribution in [1.82, 2.24) is 0 Å². The first-order valence-corrected chi connectivity index (χ1v) is 4.77. The molecule has 0 fully saturated rings. The first-order valence-electron chi connectivity index (χ1n) is 4.77. The Balaban J connectivity index is 0.000000853. The van der Waals surface area contributed by atoms with Gasteiger partial charge in [-0.3, -0.25) is 0 Å². The molecule has 2 aromatic rings. The quantitative estimate of drug-likeness (QED) is 0.518. The first kappa shape index (κ1) is 7.63. The summed E-state index contributed by atoms with van der Waals surface area (Å²) in [5.74, 6) is 1.98. The third-order valence-corrected chi connectivity index (χ3v) is 2.55. The fourth-order valence-corrected chi connectivity index (χ4v) is 1.82. The topological polar surface area (TPSA) is 9.23 Å². The smallest absolute Gasteiger partial charge is 0.457 e. The molecule has 0 saturated heterocycles. The number of hydrogen-bond donors (Lipinski definition) is 0. The van der Waals surface area contributed by atoms with Crippen LogP contribution >= 0.6 is 0 Å². The molecule has 1 nitrogen and oxygen atoms in total. The lowest BCUT2D eigenvalue weighted by Crippen LogP contribution is -2.01. The molecule has 0 radical (unpaired) electrons. The van der Waals surface area contributed by atoms with Gasteiger partial charge in [-0.05, 0) is 23.3 Å². The first-order chi connectivity index (χ1) is 6.93. The molecule has 68 valence electrons. The number of rotatable bonds is 0. The van der Waals surface area contributed by atoms with Crippen molar-refractivity contribution < 1.29 is 6.16 Å². The average Bonchev–Trinajstić information content (AvgIpc) is 2.26. The van der Waals surface area contributed by atoms with Gasteiger partial charge >= 0.3 is 1.43 Å². The van der Waals surface area contributed by atoms with Crippen LogP contribution in [0.1, 0.15) is 12.6 Å². The van der Waals surface area contributed by atoms with Crippen LogP contribution in [0.15, 0.2) is 48.5 Å². The standard InChI is InChI=1S/C13H10O/c1-3-7-12-10(5-1)9-11-6-2-4-8-13(11)14-12/h1-8H,9H2/p+1. The molecule has 0 atom stereocenters. The summed E-state index contributed by atoms with van der Waals surface area (Å²) in [5.41, 5.74) is 2.54. The van der Waals surface area contributed by atoms with Crippen molar-refractivity contribution in [2.75, 3.05) is 0 Å². The maximum Gasteiger partial charge on any atom is 1.00 e. The normalized spacial score (nSPS) is 12.6. The summed E-state index contributed by atoms with van der Waals surface area (Å²) in [5, 5.41) is 0. The highest BCUT2D eigenvalue weighted by Crippen LogP contribution is 2.35. The molecule has 14 heavy (non-hydrogen) atoms. The lowest BCUT2D eigenvalue weighted by atomic mass is 10.0. The van der Waals surface area contributed by atoms with Crippen LogP contribution in [-0.4, -0.2) is 0 Å². The summed E-state index contributed by atoms with van der Waals surface area (Å²) in [6.07, 6.45) is 0.979. The van der Waals surface area contributed by atoms with Gasteiger partial charge in [0, 0.05) is 6.42 Å². The van der Waals surface area contributed by atoms with E-state index in [0.717, 1.165) is 17.9 Å². The van der Waals surface area contributed by atoms with E-state index in [9.17, 15) is 0 Å². The van der Waals surface area contributed by atoms with Crippen molar-refractivity contribution in [3.8, 4) is 11.5 Å². The van der Waals surface area contributed by atoms with Gasteiger partial charge in [-0.2, -0.15) is 0 Å². The van der Waals surface area contributed by atoms with Crippen LogP contribution in [0.25, 0.3) is 0 Å². The van der Waals surface area contributed by atoms with E-state index in [-0.39, 0.29) is 1.43 Å². The molecule has 2 aromatic carbocycles. The van der Waals surface area contributed by atoms with Gasteiger partial charge in [0.25, 0.3) is 0 Å². The van der Waals surface area contributed by atoms with Crippen LogP contribution in [-0.2, 0) is 6.42 Å². The number of para-hydroxylation sites is 2. The predicted octanol–water partition coefficient (Wildman–Crippen LogP) is 3.50. The van der Waals surface area contributed by atoms with Crippen molar-refractivity contribution >= 4 is 0 Å². The molecule has 3 rings (SSSR count). The maximum absolute atomic E-state index is 5.78. The molecule has 1 heterocycles. The van der Waals surface area contributed by atoms with E-state index in [4.69, 9.17) is 4.74 Å². The fourth-order valence-electron chi connectivity index (χ4n) is 1.82. The van der Waals surface area contributed by atoms with E-state index < -0.39 is 0 Å². The summed E-state index contributed by atoms with van der Waals surface area (Å²) in [7, 11) is 0. The van der Waals surface area contributed by atoms with Crippen molar-refractivity contribution in [2.45, 2.75) is 6.42 Å². The molecular weight excluding hydrogens is 172 g/mol. The second kappa shape index (κ2) is 2.88. The van der Waals surface area contributed by atoms with Gasteiger partial charge in [0.15, 0.2) is 0 Å². The maximum atomic E-state index is 5.78. The third kappa shape index (κ3) is 1.10. The lowest BCUT2D eigenvalue weighted by Gasteiger charge is -2.19. The number of fused-ring (bicyclic) bond motifs is 2. The largest absolute Gasteiger partial charge is 1.00 e. The average molecular weight is 183 g/mol. The zero-order valence-electron chi connectivity index (χ0n) is 8.73. The van der Waals surface area contributed by atoms with E-state index in [1.807, 2.05) is 24.3 Å². The molecule has 0 aromatic heterocycles. The molecule has 0 bridgehead atoms. The van der Waals surface area contributed by atoms with E-state index in [0.29, 0.717) is 0 Å². The summed E-state index contributed by atoms with van der Waals surface area (Å²) in [6.45, 7) is 0. The van der Waals surface area contributed by atoms with E-state index >= 15 is 0 Å². The Kier molecular flexibility index (Phi) is 1.57. The SMILES string of the molecule is [H+].c1ccc2c(c1)Cc1ccccc1O2. The monoisotopic (exact) mass is 183 g/mol. The molecule has 1 aliphatic rings. The van der Waals surface area contributed by atoms with Crippen molar-refractivity contribution in [2.24, 2.45) is 0 Å². The van der Waals surface area contributed by atoms with Gasteiger partial charge < -0.3 is 4.74 Å². The Morgan fingerprint density at radius 2 is 1.29 bits per heavy atom. The third-order valence-electron chi connectivity index (χ3n) is 2.55. The Hall–Kier alpha value is -1.76. The predicted molar refractivity (Wildman–Crippen MR) is 56.9 cm³/mol. The van der Waals surface area contributed by atoms with Gasteiger partial charge in [-0.1, -0.05) is 36.4 Å². The highest BCUT2D eigenvalue weighted by atomic mass is 16.5. The number of benzene rings is 2. The Morgan fingerprint density at radius 1 is 0.786 bits per heavy atom. The highest BCUT2D eigenvalue weighted by Gasteiger charge is 2.14. The molecule has 0 saturated carbocycles. The molecule has 0 aliphatic carbocycles. The van der Waals surface area contributed by atoms with Gasteiger partial charge in [-0.25, -0.2) is 0 Å². The van der Waals surface area contributed by atoms with Crippen LogP contribution in [0.2, 0.25) is 0 Å². The van der Waals surface area contributed by atoms with E-state index in [2.05, 4.69) is 24.3 Å². The van der Waals surface area contributed by atoms with Crippen LogP contribution in [0, 0.1) is 0 Å². The zero-order chi connectivity index (χ0) is 9.38. The Morgan fingerprint density at radius 3 is 1.86 bits per heavy atom. The summed E-state index contributed by atoms with van der Waals surface area (Å²) >= 11 is 0. The van der Waals surface area contributed by atoms with Crippen LogP contribution < -0.4 is 4.74 Å². The Bertz CT molecular complexity index is 392. The number of ether oxygens (including phenoxy) is 1. The minimum Gasteiger partial charge on any atom is -0.457 e. The lowest BCUT2D eigenvalue weighted by molar-refractivity contribution is 0.460. The molecule has 0 unspecified atom stereocenters.